The van der Waals surface area contributed by atoms with Crippen LogP contribution in [0.2, 0.25) is 0 Å². The van der Waals surface area contributed by atoms with Gasteiger partial charge in [0.1, 0.15) is 0 Å². The summed E-state index contributed by atoms with van der Waals surface area (Å²) in [5.41, 5.74) is -2.33. The molecule has 0 aliphatic rings. The zero-order valence-electron chi connectivity index (χ0n) is 9.67. The molecule has 0 atom stereocenters. The fourth-order valence-corrected chi connectivity index (χ4v) is 1.86. The van der Waals surface area contributed by atoms with Gasteiger partial charge in [0, 0.05) is 12.7 Å². The first kappa shape index (κ1) is 13.1. The van der Waals surface area contributed by atoms with Gasteiger partial charge in [-0.25, -0.2) is 13.2 Å². The number of aromatic carboxylic acids is 1. The average molecular weight is 270 g/mol. The van der Waals surface area contributed by atoms with E-state index in [4.69, 9.17) is 0 Å². The molecule has 7 heteroatoms. The number of hydrogen-bond donors (Lipinski definition) is 0. The van der Waals surface area contributed by atoms with Crippen LogP contribution in [0.25, 0.3) is 10.9 Å². The SMILES string of the molecule is CCn1cc(C(=O)[O-])c(=O)c2cc(F)c(F)c(F)c21. The van der Waals surface area contributed by atoms with Crippen LogP contribution in [0, 0.1) is 17.5 Å². The van der Waals surface area contributed by atoms with E-state index in [0.717, 1.165) is 10.8 Å². The predicted octanol–water partition coefficient (Wildman–Crippen LogP) is 0.802. The highest BCUT2D eigenvalue weighted by atomic mass is 19.2. The number of pyridine rings is 1. The van der Waals surface area contributed by atoms with Crippen LogP contribution in [0.1, 0.15) is 17.3 Å². The van der Waals surface area contributed by atoms with Crippen LogP contribution in [0.3, 0.4) is 0 Å². The Bertz CT molecular complexity index is 752. The van der Waals surface area contributed by atoms with Crippen molar-refractivity contribution < 1.29 is 23.1 Å². The van der Waals surface area contributed by atoms with E-state index in [9.17, 15) is 27.9 Å². The summed E-state index contributed by atoms with van der Waals surface area (Å²) in [6.45, 7) is 1.60. The number of carbonyl (C=O) groups is 1. The monoisotopic (exact) mass is 270 g/mol. The molecule has 0 amide bonds. The maximum Gasteiger partial charge on any atom is 0.198 e. The second-order valence-electron chi connectivity index (χ2n) is 3.83. The molecule has 0 bridgehead atoms. The van der Waals surface area contributed by atoms with Crippen LogP contribution in [0.4, 0.5) is 13.2 Å². The van der Waals surface area contributed by atoms with E-state index in [2.05, 4.69) is 0 Å². The van der Waals surface area contributed by atoms with E-state index in [1.165, 1.54) is 6.92 Å². The van der Waals surface area contributed by atoms with Crippen molar-refractivity contribution in [3.05, 3.63) is 45.5 Å². The van der Waals surface area contributed by atoms with Crippen molar-refractivity contribution in [1.29, 1.82) is 0 Å². The summed E-state index contributed by atoms with van der Waals surface area (Å²) in [5.74, 6) is -6.56. The summed E-state index contributed by atoms with van der Waals surface area (Å²) in [7, 11) is 0. The second-order valence-corrected chi connectivity index (χ2v) is 3.83. The lowest BCUT2D eigenvalue weighted by atomic mass is 10.1. The lowest BCUT2D eigenvalue weighted by Crippen LogP contribution is -2.30. The summed E-state index contributed by atoms with van der Waals surface area (Å²) in [5, 5.41) is 10.2. The van der Waals surface area contributed by atoms with E-state index in [-0.39, 0.29) is 6.54 Å². The topological polar surface area (TPSA) is 62.1 Å². The molecular weight excluding hydrogens is 263 g/mol. The molecule has 0 aliphatic carbocycles. The minimum atomic E-state index is -1.76. The zero-order valence-corrected chi connectivity index (χ0v) is 9.67. The Hall–Kier alpha value is -2.31. The van der Waals surface area contributed by atoms with Crippen molar-refractivity contribution in [3.63, 3.8) is 0 Å². The van der Waals surface area contributed by atoms with Crippen LogP contribution in [-0.4, -0.2) is 10.5 Å². The number of rotatable bonds is 2. The largest absolute Gasteiger partial charge is 0.545 e. The van der Waals surface area contributed by atoms with E-state index < -0.39 is 45.3 Å². The second kappa shape index (κ2) is 4.42. The number of aromatic nitrogens is 1. The van der Waals surface area contributed by atoms with E-state index in [0.29, 0.717) is 6.07 Å². The molecule has 1 heterocycles. The Morgan fingerprint density at radius 1 is 1.32 bits per heavy atom. The van der Waals surface area contributed by atoms with Crippen LogP contribution >= 0.6 is 0 Å². The summed E-state index contributed by atoms with van der Waals surface area (Å²) < 4.78 is 41.0. The maximum atomic E-state index is 13.7. The molecule has 19 heavy (non-hydrogen) atoms. The van der Waals surface area contributed by atoms with E-state index in [1.807, 2.05) is 0 Å². The molecule has 0 fully saturated rings. The van der Waals surface area contributed by atoms with Crippen molar-refractivity contribution in [1.82, 2.24) is 4.57 Å². The molecule has 0 radical (unpaired) electrons. The number of hydrogen-bond acceptors (Lipinski definition) is 3. The third-order valence-electron chi connectivity index (χ3n) is 2.76. The van der Waals surface area contributed by atoms with Gasteiger partial charge < -0.3 is 14.5 Å². The van der Waals surface area contributed by atoms with Gasteiger partial charge in [-0.05, 0) is 13.0 Å². The maximum absolute atomic E-state index is 13.7. The molecule has 0 unspecified atom stereocenters. The van der Waals surface area contributed by atoms with Crippen molar-refractivity contribution in [2.45, 2.75) is 13.5 Å². The van der Waals surface area contributed by atoms with Crippen molar-refractivity contribution in [2.75, 3.05) is 0 Å². The fraction of sp³-hybridized carbons (Fsp3) is 0.167. The molecule has 1 aromatic carbocycles. The molecule has 0 saturated heterocycles. The molecule has 100 valence electrons. The number of carbonyl (C=O) groups excluding carboxylic acids is 1. The first-order valence-corrected chi connectivity index (χ1v) is 5.30. The van der Waals surface area contributed by atoms with Gasteiger partial charge in [-0.1, -0.05) is 0 Å². The van der Waals surface area contributed by atoms with Gasteiger partial charge in [-0.3, -0.25) is 4.79 Å². The van der Waals surface area contributed by atoms with Gasteiger partial charge >= 0.3 is 0 Å². The molecule has 0 saturated carbocycles. The highest BCUT2D eigenvalue weighted by molar-refractivity contribution is 5.91. The fourth-order valence-electron chi connectivity index (χ4n) is 1.86. The summed E-state index contributed by atoms with van der Waals surface area (Å²) in [6.07, 6.45) is 0.848. The Balaban J connectivity index is 3.08. The van der Waals surface area contributed by atoms with Crippen molar-refractivity contribution >= 4 is 16.9 Å². The number of carboxylic acids is 1. The normalized spacial score (nSPS) is 10.9. The van der Waals surface area contributed by atoms with Gasteiger partial charge in [-0.15, -0.1) is 0 Å². The summed E-state index contributed by atoms with van der Waals surface area (Å²) in [6, 6.07) is 0.481. The Kier molecular flexibility index (Phi) is 3.05. The number of aryl methyl sites for hydroxylation is 1. The summed E-state index contributed by atoms with van der Waals surface area (Å²) in [4.78, 5) is 22.5. The minimum Gasteiger partial charge on any atom is -0.545 e. The quantitative estimate of drug-likeness (QED) is 0.758. The van der Waals surface area contributed by atoms with Gasteiger partial charge in [0.15, 0.2) is 22.9 Å². The molecular formula is C12H7F3NO3-. The van der Waals surface area contributed by atoms with Gasteiger partial charge in [0.25, 0.3) is 0 Å². The van der Waals surface area contributed by atoms with Gasteiger partial charge in [0.05, 0.1) is 22.4 Å². The third kappa shape index (κ3) is 1.87. The molecule has 2 aromatic rings. The van der Waals surface area contributed by atoms with Gasteiger partial charge in [0.2, 0.25) is 0 Å². The Labute approximate surface area is 104 Å². The van der Waals surface area contributed by atoms with Crippen LogP contribution < -0.4 is 10.5 Å². The highest BCUT2D eigenvalue weighted by Crippen LogP contribution is 2.21. The Morgan fingerprint density at radius 3 is 2.47 bits per heavy atom. The lowest BCUT2D eigenvalue weighted by molar-refractivity contribution is -0.255. The van der Waals surface area contributed by atoms with E-state index >= 15 is 0 Å². The number of carboxylic acid groups (broad SMARTS) is 1. The lowest BCUT2D eigenvalue weighted by Gasteiger charge is -2.13. The summed E-state index contributed by atoms with van der Waals surface area (Å²) >= 11 is 0. The number of fused-ring (bicyclic) bond motifs is 1. The number of nitrogens with zero attached hydrogens (tertiary/aromatic N) is 1. The Morgan fingerprint density at radius 2 is 1.95 bits per heavy atom. The molecule has 2 rings (SSSR count). The molecule has 0 spiro atoms. The number of halogens is 3. The van der Waals surface area contributed by atoms with Crippen molar-refractivity contribution in [3.8, 4) is 0 Å². The molecule has 1 aromatic heterocycles. The van der Waals surface area contributed by atoms with Crippen LogP contribution in [0.15, 0.2) is 17.1 Å². The average Bonchev–Trinajstić information content (AvgIpc) is 2.37. The first-order valence-electron chi connectivity index (χ1n) is 5.30. The first-order chi connectivity index (χ1) is 8.88. The van der Waals surface area contributed by atoms with E-state index in [1.54, 1.807) is 0 Å². The smallest absolute Gasteiger partial charge is 0.198 e. The predicted molar refractivity (Wildman–Crippen MR) is 58.1 cm³/mol. The van der Waals surface area contributed by atoms with Crippen LogP contribution in [-0.2, 0) is 6.54 Å². The molecule has 0 N–H and O–H groups in total. The standard InChI is InChI=1S/C12H8F3NO3/c1-2-16-4-6(12(18)19)11(17)5-3-7(13)8(14)9(15)10(5)16/h3-4H,2H2,1H3,(H,18,19)/p-1. The van der Waals surface area contributed by atoms with Crippen LogP contribution in [0.5, 0.6) is 0 Å². The third-order valence-corrected chi connectivity index (χ3v) is 2.76. The zero-order chi connectivity index (χ0) is 14.3. The molecule has 0 aliphatic heterocycles. The van der Waals surface area contributed by atoms with Gasteiger partial charge in [-0.2, -0.15) is 0 Å². The molecule has 4 nitrogen and oxygen atoms in total. The number of benzene rings is 1. The highest BCUT2D eigenvalue weighted by Gasteiger charge is 2.19. The minimum absolute atomic E-state index is 0.0685. The van der Waals surface area contributed by atoms with Crippen molar-refractivity contribution in [2.24, 2.45) is 0 Å².